The normalized spacial score (nSPS) is 25.9. The van der Waals surface area contributed by atoms with E-state index >= 15 is 0 Å². The quantitative estimate of drug-likeness (QED) is 0.857. The number of rotatable bonds is 4. The molecular weight excluding hydrogens is 274 g/mol. The van der Waals surface area contributed by atoms with E-state index in [1.54, 1.807) is 4.68 Å². The summed E-state index contributed by atoms with van der Waals surface area (Å²) in [5.74, 6) is 0.894. The van der Waals surface area contributed by atoms with Gasteiger partial charge >= 0.3 is 0 Å². The highest BCUT2D eigenvalue weighted by Crippen LogP contribution is 2.29. The van der Waals surface area contributed by atoms with Crippen LogP contribution in [-0.2, 0) is 19.4 Å². The van der Waals surface area contributed by atoms with E-state index in [1.807, 2.05) is 6.07 Å². The molecule has 4 nitrogen and oxygen atoms in total. The topological polar surface area (TPSA) is 38.1 Å². The van der Waals surface area contributed by atoms with E-state index in [9.17, 15) is 4.79 Å². The summed E-state index contributed by atoms with van der Waals surface area (Å²) in [7, 11) is 0. The number of fused-ring (bicyclic) bond motifs is 1. The molecule has 2 heterocycles. The lowest BCUT2D eigenvalue weighted by Crippen LogP contribution is -2.39. The van der Waals surface area contributed by atoms with Crippen molar-refractivity contribution in [3.05, 3.63) is 27.7 Å². The standard InChI is InChI=1S/C18H27N3O/c22-18-11-15-7-3-9-17(15)19-21(18)13-16-8-4-10-20(16)12-14-5-1-2-6-14/h11,14,16H,1-10,12-13H2. The van der Waals surface area contributed by atoms with Gasteiger partial charge in [0.15, 0.2) is 0 Å². The molecule has 1 aliphatic heterocycles. The highest BCUT2D eigenvalue weighted by Gasteiger charge is 2.29. The molecule has 1 aromatic rings. The van der Waals surface area contributed by atoms with E-state index in [1.165, 1.54) is 62.9 Å². The van der Waals surface area contributed by atoms with E-state index in [2.05, 4.69) is 10.00 Å². The van der Waals surface area contributed by atoms with Gasteiger partial charge < -0.3 is 0 Å². The van der Waals surface area contributed by atoms with Crippen LogP contribution in [0.15, 0.2) is 10.9 Å². The summed E-state index contributed by atoms with van der Waals surface area (Å²) in [5, 5.41) is 4.66. The van der Waals surface area contributed by atoms with Crippen molar-refractivity contribution in [3.8, 4) is 0 Å². The summed E-state index contributed by atoms with van der Waals surface area (Å²) >= 11 is 0. The van der Waals surface area contributed by atoms with Crippen LogP contribution in [-0.4, -0.2) is 33.8 Å². The maximum atomic E-state index is 12.3. The Morgan fingerprint density at radius 2 is 1.91 bits per heavy atom. The molecule has 0 aromatic carbocycles. The minimum atomic E-state index is 0.105. The molecule has 0 amide bonds. The first-order valence-corrected chi connectivity index (χ1v) is 9.13. The Hall–Kier alpha value is -1.16. The van der Waals surface area contributed by atoms with E-state index in [0.29, 0.717) is 6.04 Å². The van der Waals surface area contributed by atoms with Crippen molar-refractivity contribution in [2.75, 3.05) is 13.1 Å². The molecule has 0 bridgehead atoms. The highest BCUT2D eigenvalue weighted by molar-refractivity contribution is 5.22. The number of aryl methyl sites for hydroxylation is 2. The molecule has 22 heavy (non-hydrogen) atoms. The second-order valence-electron chi connectivity index (χ2n) is 7.43. The monoisotopic (exact) mass is 301 g/mol. The summed E-state index contributed by atoms with van der Waals surface area (Å²) in [6, 6.07) is 2.36. The molecule has 2 aliphatic carbocycles. The maximum Gasteiger partial charge on any atom is 0.267 e. The Morgan fingerprint density at radius 3 is 2.77 bits per heavy atom. The van der Waals surface area contributed by atoms with Gasteiger partial charge in [-0.3, -0.25) is 9.69 Å². The maximum absolute atomic E-state index is 12.3. The Balaban J connectivity index is 1.46. The lowest BCUT2D eigenvalue weighted by Gasteiger charge is -2.27. The Morgan fingerprint density at radius 1 is 1.05 bits per heavy atom. The SMILES string of the molecule is O=c1cc2c(nn1CC1CCCN1CC1CCCC1)CCC2. The Labute approximate surface area is 132 Å². The molecule has 2 fully saturated rings. The number of nitrogens with zero attached hydrogens (tertiary/aromatic N) is 3. The Kier molecular flexibility index (Phi) is 4.03. The molecule has 0 radical (unpaired) electrons. The van der Waals surface area contributed by atoms with E-state index in [-0.39, 0.29) is 5.56 Å². The second-order valence-corrected chi connectivity index (χ2v) is 7.43. The van der Waals surface area contributed by atoms with Crippen LogP contribution in [0.3, 0.4) is 0 Å². The molecule has 1 saturated carbocycles. The predicted molar refractivity (Wildman–Crippen MR) is 87.1 cm³/mol. The van der Waals surface area contributed by atoms with Crippen molar-refractivity contribution in [3.63, 3.8) is 0 Å². The molecule has 120 valence electrons. The van der Waals surface area contributed by atoms with Gasteiger partial charge in [-0.1, -0.05) is 12.8 Å². The number of hydrogen-bond acceptors (Lipinski definition) is 3. The van der Waals surface area contributed by atoms with Crippen LogP contribution in [0, 0.1) is 5.92 Å². The van der Waals surface area contributed by atoms with Crippen LogP contribution >= 0.6 is 0 Å². The fourth-order valence-corrected chi connectivity index (χ4v) is 4.64. The van der Waals surface area contributed by atoms with Crippen LogP contribution in [0.5, 0.6) is 0 Å². The molecular formula is C18H27N3O. The van der Waals surface area contributed by atoms with Gasteiger partial charge in [0.1, 0.15) is 0 Å². The predicted octanol–water partition coefficient (Wildman–Crippen LogP) is 2.39. The fraction of sp³-hybridized carbons (Fsp3) is 0.778. The van der Waals surface area contributed by atoms with E-state index in [4.69, 9.17) is 0 Å². The summed E-state index contributed by atoms with van der Waals surface area (Å²) < 4.78 is 1.75. The number of hydrogen-bond donors (Lipinski definition) is 0. The molecule has 1 aromatic heterocycles. The van der Waals surface area contributed by atoms with Crippen molar-refractivity contribution in [1.82, 2.24) is 14.7 Å². The van der Waals surface area contributed by atoms with Gasteiger partial charge in [-0.2, -0.15) is 5.10 Å². The molecule has 3 aliphatic rings. The van der Waals surface area contributed by atoms with Crippen molar-refractivity contribution < 1.29 is 0 Å². The molecule has 1 saturated heterocycles. The van der Waals surface area contributed by atoms with Gasteiger partial charge in [0.25, 0.3) is 5.56 Å². The third-order valence-corrected chi connectivity index (χ3v) is 5.87. The minimum absolute atomic E-state index is 0.105. The summed E-state index contributed by atoms with van der Waals surface area (Å²) in [5.41, 5.74) is 2.46. The second kappa shape index (κ2) is 6.15. The minimum Gasteiger partial charge on any atom is -0.298 e. The fourth-order valence-electron chi connectivity index (χ4n) is 4.64. The lowest BCUT2D eigenvalue weighted by molar-refractivity contribution is 0.193. The molecule has 1 atom stereocenters. The van der Waals surface area contributed by atoms with Crippen LogP contribution in [0.1, 0.15) is 56.2 Å². The van der Waals surface area contributed by atoms with Crippen molar-refractivity contribution in [2.45, 2.75) is 70.4 Å². The van der Waals surface area contributed by atoms with Crippen molar-refractivity contribution in [2.24, 2.45) is 5.92 Å². The molecule has 0 N–H and O–H groups in total. The van der Waals surface area contributed by atoms with Crippen LogP contribution in [0.2, 0.25) is 0 Å². The Bertz CT molecular complexity index is 588. The van der Waals surface area contributed by atoms with Crippen LogP contribution in [0.25, 0.3) is 0 Å². The van der Waals surface area contributed by atoms with Gasteiger partial charge in [-0.05, 0) is 63.0 Å². The van der Waals surface area contributed by atoms with Crippen LogP contribution in [0.4, 0.5) is 0 Å². The van der Waals surface area contributed by atoms with Crippen LogP contribution < -0.4 is 5.56 Å². The van der Waals surface area contributed by atoms with E-state index in [0.717, 1.165) is 31.7 Å². The summed E-state index contributed by atoms with van der Waals surface area (Å²) in [4.78, 5) is 14.9. The first-order valence-electron chi connectivity index (χ1n) is 9.13. The first-order chi connectivity index (χ1) is 10.8. The summed E-state index contributed by atoms with van der Waals surface area (Å²) in [6.07, 6.45) is 11.4. The number of aromatic nitrogens is 2. The lowest BCUT2D eigenvalue weighted by atomic mass is 10.1. The van der Waals surface area contributed by atoms with Gasteiger partial charge in [0, 0.05) is 18.7 Å². The zero-order valence-corrected chi connectivity index (χ0v) is 13.5. The van der Waals surface area contributed by atoms with Gasteiger partial charge in [-0.15, -0.1) is 0 Å². The highest BCUT2D eigenvalue weighted by atomic mass is 16.1. The van der Waals surface area contributed by atoms with Gasteiger partial charge in [0.05, 0.1) is 12.2 Å². The first kappa shape index (κ1) is 14.4. The van der Waals surface area contributed by atoms with E-state index < -0.39 is 0 Å². The zero-order chi connectivity index (χ0) is 14.9. The average Bonchev–Trinajstić information content (AvgIpc) is 3.23. The number of likely N-dealkylation sites (tertiary alicyclic amines) is 1. The molecule has 1 unspecified atom stereocenters. The van der Waals surface area contributed by atoms with Gasteiger partial charge in [0.2, 0.25) is 0 Å². The average molecular weight is 301 g/mol. The zero-order valence-electron chi connectivity index (χ0n) is 13.5. The third-order valence-electron chi connectivity index (χ3n) is 5.87. The third kappa shape index (κ3) is 2.85. The smallest absolute Gasteiger partial charge is 0.267 e. The molecule has 0 spiro atoms. The molecule has 4 rings (SSSR count). The summed E-state index contributed by atoms with van der Waals surface area (Å²) in [6.45, 7) is 3.24. The molecule has 4 heteroatoms. The van der Waals surface area contributed by atoms with Gasteiger partial charge in [-0.25, -0.2) is 4.68 Å². The van der Waals surface area contributed by atoms with Crippen molar-refractivity contribution in [1.29, 1.82) is 0 Å². The van der Waals surface area contributed by atoms with Crippen molar-refractivity contribution >= 4 is 0 Å². The largest absolute Gasteiger partial charge is 0.298 e.